The number of hydrogen-bond donors (Lipinski definition) is 3. The highest BCUT2D eigenvalue weighted by Crippen LogP contribution is 2.44. The number of carbonyl (C=O) groups is 3. The van der Waals surface area contributed by atoms with Crippen molar-refractivity contribution in [3.8, 4) is 11.1 Å². The maximum atomic E-state index is 12.4. The molecule has 1 aliphatic carbocycles. The van der Waals surface area contributed by atoms with Crippen LogP contribution in [0, 0.1) is 5.92 Å². The predicted molar refractivity (Wildman–Crippen MR) is 119 cm³/mol. The lowest BCUT2D eigenvalue weighted by Crippen LogP contribution is -2.46. The Labute approximate surface area is 192 Å². The molecule has 2 aromatic carbocycles. The van der Waals surface area contributed by atoms with Crippen molar-refractivity contribution in [2.24, 2.45) is 5.92 Å². The molecule has 3 N–H and O–H groups in total. The molecule has 9 nitrogen and oxygen atoms in total. The molecule has 0 heterocycles. The van der Waals surface area contributed by atoms with E-state index < -0.39 is 36.0 Å². The fourth-order valence-corrected chi connectivity index (χ4v) is 3.71. The largest absolute Gasteiger partial charge is 0.479 e. The lowest BCUT2D eigenvalue weighted by atomic mass is 9.98. The molecule has 1 aliphatic rings. The molecule has 0 radical (unpaired) electrons. The van der Waals surface area contributed by atoms with E-state index in [2.05, 4.69) is 22.9 Å². The van der Waals surface area contributed by atoms with Gasteiger partial charge in [-0.1, -0.05) is 55.5 Å². The van der Waals surface area contributed by atoms with Crippen molar-refractivity contribution in [1.82, 2.24) is 10.8 Å². The number of hydroxylamine groups is 1. The zero-order valence-corrected chi connectivity index (χ0v) is 18.7. The normalized spacial score (nSPS) is 15.0. The molecule has 0 aromatic heterocycles. The van der Waals surface area contributed by atoms with Gasteiger partial charge in [0.25, 0.3) is 0 Å². The van der Waals surface area contributed by atoms with Crippen molar-refractivity contribution in [1.29, 1.82) is 0 Å². The maximum Gasteiger partial charge on any atom is 0.407 e. The first-order valence-electron chi connectivity index (χ1n) is 10.6. The lowest BCUT2D eigenvalue weighted by Gasteiger charge is -2.22. The summed E-state index contributed by atoms with van der Waals surface area (Å²) in [4.78, 5) is 40.6. The molecule has 0 fully saturated rings. The minimum absolute atomic E-state index is 0.0682. The SMILES string of the molecule is COCC(ONC(=O)C(C)C(C)NC(=O)OCC1c2ccccc2-c2ccccc21)C(=O)O. The highest BCUT2D eigenvalue weighted by Gasteiger charge is 2.30. The van der Waals surface area contributed by atoms with E-state index in [4.69, 9.17) is 19.4 Å². The third kappa shape index (κ3) is 5.68. The smallest absolute Gasteiger partial charge is 0.407 e. The van der Waals surface area contributed by atoms with Crippen LogP contribution in [0.3, 0.4) is 0 Å². The van der Waals surface area contributed by atoms with Gasteiger partial charge in [-0.15, -0.1) is 0 Å². The molecule has 0 aliphatic heterocycles. The van der Waals surface area contributed by atoms with Gasteiger partial charge in [0.1, 0.15) is 6.61 Å². The summed E-state index contributed by atoms with van der Waals surface area (Å²) in [5, 5.41) is 11.7. The van der Waals surface area contributed by atoms with Crippen LogP contribution in [0.1, 0.15) is 30.9 Å². The van der Waals surface area contributed by atoms with Gasteiger partial charge in [0.05, 0.1) is 12.5 Å². The summed E-state index contributed by atoms with van der Waals surface area (Å²) in [6.45, 7) is 3.17. The van der Waals surface area contributed by atoms with Crippen LogP contribution in [0.25, 0.3) is 11.1 Å². The van der Waals surface area contributed by atoms with Crippen LogP contribution in [0.2, 0.25) is 0 Å². The zero-order chi connectivity index (χ0) is 24.0. The minimum atomic E-state index is -1.34. The second kappa shape index (κ2) is 10.9. The predicted octanol–water partition coefficient (Wildman–Crippen LogP) is 2.70. The van der Waals surface area contributed by atoms with Crippen molar-refractivity contribution in [3.63, 3.8) is 0 Å². The second-order valence-corrected chi connectivity index (χ2v) is 7.91. The van der Waals surface area contributed by atoms with Crippen molar-refractivity contribution in [2.45, 2.75) is 31.9 Å². The third-order valence-electron chi connectivity index (χ3n) is 5.75. The average molecular weight is 456 g/mol. The average Bonchev–Trinajstić information content (AvgIpc) is 3.13. The summed E-state index contributed by atoms with van der Waals surface area (Å²) in [6.07, 6.45) is -1.98. The molecular weight excluding hydrogens is 428 g/mol. The van der Waals surface area contributed by atoms with Gasteiger partial charge in [-0.2, -0.15) is 0 Å². The number of amides is 2. The fourth-order valence-electron chi connectivity index (χ4n) is 3.71. The van der Waals surface area contributed by atoms with Crippen molar-refractivity contribution < 1.29 is 33.8 Å². The number of benzene rings is 2. The Balaban J connectivity index is 1.52. The van der Waals surface area contributed by atoms with Gasteiger partial charge in [-0.05, 0) is 29.2 Å². The van der Waals surface area contributed by atoms with Gasteiger partial charge in [0.2, 0.25) is 12.0 Å². The van der Waals surface area contributed by atoms with Crippen LogP contribution in [-0.2, 0) is 23.9 Å². The molecule has 0 saturated heterocycles. The zero-order valence-electron chi connectivity index (χ0n) is 18.7. The first kappa shape index (κ1) is 24.2. The van der Waals surface area contributed by atoms with Crippen LogP contribution in [-0.4, -0.2) is 55.5 Å². The van der Waals surface area contributed by atoms with E-state index in [1.54, 1.807) is 13.8 Å². The Bertz CT molecular complexity index is 964. The van der Waals surface area contributed by atoms with Crippen LogP contribution < -0.4 is 10.8 Å². The molecule has 176 valence electrons. The number of ether oxygens (including phenoxy) is 2. The van der Waals surface area contributed by atoms with Gasteiger partial charge < -0.3 is 19.9 Å². The van der Waals surface area contributed by atoms with Crippen molar-refractivity contribution in [2.75, 3.05) is 20.3 Å². The van der Waals surface area contributed by atoms with E-state index in [1.807, 2.05) is 36.4 Å². The summed E-state index contributed by atoms with van der Waals surface area (Å²) in [5.74, 6) is -2.62. The van der Waals surface area contributed by atoms with E-state index >= 15 is 0 Å². The van der Waals surface area contributed by atoms with Gasteiger partial charge in [-0.25, -0.2) is 15.1 Å². The van der Waals surface area contributed by atoms with Gasteiger partial charge in [-0.3, -0.25) is 9.63 Å². The number of hydrogen-bond acceptors (Lipinski definition) is 6. The number of fused-ring (bicyclic) bond motifs is 3. The molecule has 3 atom stereocenters. The summed E-state index contributed by atoms with van der Waals surface area (Å²) < 4.78 is 10.2. The summed E-state index contributed by atoms with van der Waals surface area (Å²) in [5.41, 5.74) is 6.59. The highest BCUT2D eigenvalue weighted by atomic mass is 16.7. The molecule has 3 unspecified atom stereocenters. The Morgan fingerprint density at radius 2 is 1.58 bits per heavy atom. The molecule has 2 aromatic rings. The molecular formula is C24H28N2O7. The molecule has 0 saturated carbocycles. The standard InChI is InChI=1S/C24H28N2O7/c1-14(22(27)26-33-21(13-31-3)23(28)29)15(2)25-24(30)32-12-20-18-10-6-4-8-16(18)17-9-5-7-11-19(17)20/h4-11,14-15,20-21H,12-13H2,1-3H3,(H,25,30)(H,26,27)(H,28,29). The van der Waals surface area contributed by atoms with E-state index in [1.165, 1.54) is 7.11 Å². The number of carbonyl (C=O) groups excluding carboxylic acids is 2. The van der Waals surface area contributed by atoms with E-state index in [0.29, 0.717) is 0 Å². The second-order valence-electron chi connectivity index (χ2n) is 7.91. The topological polar surface area (TPSA) is 123 Å². The first-order chi connectivity index (χ1) is 15.8. The number of carboxylic acids is 1. The Morgan fingerprint density at radius 1 is 1.00 bits per heavy atom. The molecule has 0 bridgehead atoms. The highest BCUT2D eigenvalue weighted by molar-refractivity contribution is 5.80. The summed E-state index contributed by atoms with van der Waals surface area (Å²) in [7, 11) is 1.32. The molecule has 2 amide bonds. The number of nitrogens with one attached hydrogen (secondary N) is 2. The quantitative estimate of drug-likeness (QED) is 0.470. The Hall–Kier alpha value is -3.43. The lowest BCUT2D eigenvalue weighted by molar-refractivity contribution is -0.166. The molecule has 3 rings (SSSR count). The number of aliphatic carboxylic acids is 1. The Kier molecular flexibility index (Phi) is 8.02. The molecule has 9 heteroatoms. The van der Waals surface area contributed by atoms with Crippen LogP contribution in [0.15, 0.2) is 48.5 Å². The fraction of sp³-hybridized carbons (Fsp3) is 0.375. The van der Waals surface area contributed by atoms with Crippen molar-refractivity contribution in [3.05, 3.63) is 59.7 Å². The minimum Gasteiger partial charge on any atom is -0.479 e. The number of rotatable bonds is 10. The van der Waals surface area contributed by atoms with Crippen LogP contribution in [0.4, 0.5) is 4.79 Å². The monoisotopic (exact) mass is 456 g/mol. The number of carboxylic acid groups (broad SMARTS) is 1. The van der Waals surface area contributed by atoms with Gasteiger partial charge in [0, 0.05) is 19.1 Å². The van der Waals surface area contributed by atoms with Crippen LogP contribution in [0.5, 0.6) is 0 Å². The number of methoxy groups -OCH3 is 1. The number of alkyl carbamates (subject to hydrolysis) is 1. The first-order valence-corrected chi connectivity index (χ1v) is 10.6. The molecule has 33 heavy (non-hydrogen) atoms. The van der Waals surface area contributed by atoms with E-state index in [9.17, 15) is 14.4 Å². The van der Waals surface area contributed by atoms with Crippen molar-refractivity contribution >= 4 is 18.0 Å². The maximum absolute atomic E-state index is 12.4. The van der Waals surface area contributed by atoms with E-state index in [-0.39, 0.29) is 19.1 Å². The Morgan fingerprint density at radius 3 is 2.12 bits per heavy atom. The molecule has 0 spiro atoms. The third-order valence-corrected chi connectivity index (χ3v) is 5.75. The van der Waals surface area contributed by atoms with Gasteiger partial charge in [0.15, 0.2) is 0 Å². The van der Waals surface area contributed by atoms with Gasteiger partial charge >= 0.3 is 12.1 Å². The van der Waals surface area contributed by atoms with E-state index in [0.717, 1.165) is 22.3 Å². The van der Waals surface area contributed by atoms with Crippen LogP contribution >= 0.6 is 0 Å². The summed E-state index contributed by atoms with van der Waals surface area (Å²) >= 11 is 0. The summed E-state index contributed by atoms with van der Waals surface area (Å²) in [6, 6.07) is 15.5.